The summed E-state index contributed by atoms with van der Waals surface area (Å²) >= 11 is 0. The van der Waals surface area contributed by atoms with Crippen molar-refractivity contribution >= 4 is 11.9 Å². The second-order valence-electron chi connectivity index (χ2n) is 10.1. The van der Waals surface area contributed by atoms with E-state index in [9.17, 15) is 14.9 Å². The molecule has 0 aliphatic heterocycles. The first-order chi connectivity index (χ1) is 15.2. The third-order valence-electron chi connectivity index (χ3n) is 8.98. The van der Waals surface area contributed by atoms with Crippen molar-refractivity contribution in [2.75, 3.05) is 7.11 Å². The lowest BCUT2D eigenvalue weighted by Crippen LogP contribution is -2.60. The molecule has 0 heterocycles. The van der Waals surface area contributed by atoms with E-state index in [-0.39, 0.29) is 5.92 Å². The molecule has 32 heavy (non-hydrogen) atoms. The normalized spacial score (nSPS) is 40.5. The van der Waals surface area contributed by atoms with Crippen LogP contribution in [0, 0.1) is 28.1 Å². The lowest BCUT2D eigenvalue weighted by atomic mass is 9.48. The molecule has 0 unspecified atom stereocenters. The van der Waals surface area contributed by atoms with Crippen LogP contribution >= 0.6 is 0 Å². The smallest absolute Gasteiger partial charge is 0.304 e. The van der Waals surface area contributed by atoms with Gasteiger partial charge >= 0.3 is 11.9 Å². The minimum absolute atomic E-state index is 0.265. The number of hydrogen-bond acceptors (Lipinski definition) is 6. The van der Waals surface area contributed by atoms with E-state index in [2.05, 4.69) is 31.2 Å². The molecule has 6 heteroatoms. The highest BCUT2D eigenvalue weighted by atomic mass is 16.6. The number of nitrogens with zero attached hydrogens (tertiary/aromatic N) is 1. The van der Waals surface area contributed by atoms with Gasteiger partial charge < -0.3 is 14.2 Å². The van der Waals surface area contributed by atoms with Gasteiger partial charge in [-0.25, -0.2) is 0 Å². The van der Waals surface area contributed by atoms with Crippen molar-refractivity contribution in [1.82, 2.24) is 0 Å². The Morgan fingerprint density at radius 3 is 2.53 bits per heavy atom. The number of esters is 2. The molecule has 0 N–H and O–H groups in total. The molecule has 1 aromatic rings. The van der Waals surface area contributed by atoms with E-state index in [4.69, 9.17) is 14.2 Å². The molecule has 1 aromatic carbocycles. The van der Waals surface area contributed by atoms with Crippen molar-refractivity contribution in [2.24, 2.45) is 16.7 Å². The molecular formula is C26H29NO5. The number of nitriles is 1. The van der Waals surface area contributed by atoms with E-state index in [0.717, 1.165) is 31.4 Å². The predicted octanol–water partition coefficient (Wildman–Crippen LogP) is 4.23. The zero-order valence-corrected chi connectivity index (χ0v) is 19.1. The highest BCUT2D eigenvalue weighted by molar-refractivity contribution is 5.71. The van der Waals surface area contributed by atoms with Gasteiger partial charge in [0.2, 0.25) is 5.60 Å². The molecule has 2 saturated carbocycles. The van der Waals surface area contributed by atoms with Crippen molar-refractivity contribution in [1.29, 1.82) is 5.26 Å². The van der Waals surface area contributed by atoms with E-state index in [1.165, 1.54) is 25.0 Å². The van der Waals surface area contributed by atoms with Gasteiger partial charge in [-0.3, -0.25) is 9.59 Å². The summed E-state index contributed by atoms with van der Waals surface area (Å²) in [5.74, 6) is 0.468. The first-order valence-corrected chi connectivity index (χ1v) is 11.4. The SMILES string of the molecule is COc1ccc2c(c1)CC[C@@H]1[C@@H]2CC[C@]2(C)[C@]3(OC(C)=O)C=C[C@]12C[C@@]3(C#N)OC(C)=O. The van der Waals surface area contributed by atoms with E-state index in [1.54, 1.807) is 7.11 Å². The van der Waals surface area contributed by atoms with Crippen molar-refractivity contribution in [3.63, 3.8) is 0 Å². The molecule has 0 aromatic heterocycles. The summed E-state index contributed by atoms with van der Waals surface area (Å²) in [5.41, 5.74) is -1.06. The second-order valence-corrected chi connectivity index (χ2v) is 10.1. The van der Waals surface area contributed by atoms with Gasteiger partial charge in [0, 0.05) is 31.1 Å². The Kier molecular flexibility index (Phi) is 4.34. The van der Waals surface area contributed by atoms with Crippen LogP contribution in [0.25, 0.3) is 0 Å². The molecule has 0 spiro atoms. The van der Waals surface area contributed by atoms with Gasteiger partial charge in [-0.2, -0.15) is 5.26 Å². The maximum Gasteiger partial charge on any atom is 0.304 e. The van der Waals surface area contributed by atoms with Crippen LogP contribution in [0.1, 0.15) is 63.5 Å². The molecule has 6 atom stereocenters. The number of rotatable bonds is 3. The lowest BCUT2D eigenvalue weighted by Gasteiger charge is -2.56. The van der Waals surface area contributed by atoms with Crippen LogP contribution in [0.15, 0.2) is 30.4 Å². The van der Waals surface area contributed by atoms with E-state index >= 15 is 0 Å². The molecule has 168 valence electrons. The summed E-state index contributed by atoms with van der Waals surface area (Å²) < 4.78 is 17.2. The van der Waals surface area contributed by atoms with Crippen LogP contribution in [0.2, 0.25) is 0 Å². The Bertz CT molecular complexity index is 1090. The molecule has 0 saturated heterocycles. The van der Waals surface area contributed by atoms with Gasteiger partial charge in [0.15, 0.2) is 5.60 Å². The van der Waals surface area contributed by atoms with Crippen LogP contribution in [-0.4, -0.2) is 30.3 Å². The van der Waals surface area contributed by atoms with Crippen LogP contribution in [0.3, 0.4) is 0 Å². The highest BCUT2D eigenvalue weighted by Gasteiger charge is 2.84. The number of fused-ring (bicyclic) bond motifs is 3. The number of carbonyl (C=O) groups is 2. The minimum Gasteiger partial charge on any atom is -0.497 e. The molecular weight excluding hydrogens is 406 g/mol. The zero-order chi connectivity index (χ0) is 22.9. The largest absolute Gasteiger partial charge is 0.497 e. The van der Waals surface area contributed by atoms with Crippen LogP contribution < -0.4 is 4.74 Å². The number of aryl methyl sites for hydroxylation is 1. The van der Waals surface area contributed by atoms with Crippen molar-refractivity contribution in [3.05, 3.63) is 41.5 Å². The van der Waals surface area contributed by atoms with Gasteiger partial charge in [-0.15, -0.1) is 0 Å². The summed E-state index contributed by atoms with van der Waals surface area (Å²) in [4.78, 5) is 24.4. The Balaban J connectivity index is 1.66. The van der Waals surface area contributed by atoms with Crippen LogP contribution in [0.5, 0.6) is 5.75 Å². The van der Waals surface area contributed by atoms with Crippen LogP contribution in [-0.2, 0) is 25.5 Å². The van der Waals surface area contributed by atoms with Crippen LogP contribution in [0.4, 0.5) is 0 Å². The lowest BCUT2D eigenvalue weighted by molar-refractivity contribution is -0.200. The van der Waals surface area contributed by atoms with Crippen molar-refractivity contribution in [3.8, 4) is 11.8 Å². The van der Waals surface area contributed by atoms with Gasteiger partial charge in [0.05, 0.1) is 7.11 Å². The molecule has 6 nitrogen and oxygen atoms in total. The molecule has 2 fully saturated rings. The van der Waals surface area contributed by atoms with E-state index in [1.807, 2.05) is 12.1 Å². The average molecular weight is 436 g/mol. The van der Waals surface area contributed by atoms with Gasteiger partial charge in [0.1, 0.15) is 11.8 Å². The molecule has 0 amide bonds. The summed E-state index contributed by atoms with van der Waals surface area (Å²) in [5, 5.41) is 10.4. The number of ether oxygens (including phenoxy) is 3. The molecule has 2 bridgehead atoms. The minimum atomic E-state index is -1.52. The maximum atomic E-state index is 12.3. The number of benzene rings is 1. The zero-order valence-electron chi connectivity index (χ0n) is 19.1. The molecule has 5 rings (SSSR count). The molecule has 0 radical (unpaired) electrons. The Morgan fingerprint density at radius 2 is 1.88 bits per heavy atom. The maximum absolute atomic E-state index is 12.3. The first-order valence-electron chi connectivity index (χ1n) is 11.4. The second kappa shape index (κ2) is 6.60. The van der Waals surface area contributed by atoms with E-state index in [0.29, 0.717) is 12.3 Å². The van der Waals surface area contributed by atoms with E-state index < -0.39 is 34.0 Å². The summed E-state index contributed by atoms with van der Waals surface area (Å²) in [6.45, 7) is 4.79. The predicted molar refractivity (Wildman–Crippen MR) is 116 cm³/mol. The molecule has 4 aliphatic carbocycles. The third-order valence-corrected chi connectivity index (χ3v) is 8.98. The Hall–Kier alpha value is -2.81. The summed E-state index contributed by atoms with van der Waals surface area (Å²) in [7, 11) is 1.69. The Morgan fingerprint density at radius 1 is 1.12 bits per heavy atom. The standard InChI is InChI=1S/C26H29NO5/c1-16(28)31-25(15-27)14-24-11-12-26(25,32-17(2)29)23(24,3)10-9-21-20-7-6-19(30-4)13-18(20)5-8-22(21)24/h6-7,11-13,21-22H,5,8-10,14H2,1-4H3/t21-,22-,23+,24+,25+,26-/m1/s1. The monoisotopic (exact) mass is 435 g/mol. The number of hydrogen-bond donors (Lipinski definition) is 0. The average Bonchev–Trinajstić information content (AvgIpc) is 3.10. The fourth-order valence-electron chi connectivity index (χ4n) is 7.83. The summed E-state index contributed by atoms with van der Waals surface area (Å²) in [6, 6.07) is 8.64. The third kappa shape index (κ3) is 2.29. The quantitative estimate of drug-likeness (QED) is 0.522. The van der Waals surface area contributed by atoms with Crippen molar-refractivity contribution < 1.29 is 23.8 Å². The number of carbonyl (C=O) groups excluding carboxylic acids is 2. The van der Waals surface area contributed by atoms with Gasteiger partial charge in [-0.1, -0.05) is 19.1 Å². The first kappa shape index (κ1) is 21.1. The van der Waals surface area contributed by atoms with Gasteiger partial charge in [0.25, 0.3) is 0 Å². The Labute approximate surface area is 188 Å². The van der Waals surface area contributed by atoms with Gasteiger partial charge in [-0.05, 0) is 66.9 Å². The summed E-state index contributed by atoms with van der Waals surface area (Å²) in [6.07, 6.45) is 7.98. The van der Waals surface area contributed by atoms with Crippen molar-refractivity contribution in [2.45, 2.75) is 70.0 Å². The topological polar surface area (TPSA) is 85.6 Å². The highest BCUT2D eigenvalue weighted by Crippen LogP contribution is 2.78. The fourth-order valence-corrected chi connectivity index (χ4v) is 7.83. The fraction of sp³-hybridized carbons (Fsp3) is 0.577. The number of allylic oxidation sites excluding steroid dienone is 1. The number of methoxy groups -OCH3 is 1. The molecule has 4 aliphatic rings.